The number of pyridine rings is 1. The molecule has 0 spiro atoms. The molecule has 118 valence electrons. The Labute approximate surface area is 124 Å². The Balaban J connectivity index is 2.64. The highest BCUT2D eigenvalue weighted by molar-refractivity contribution is 7.88. The molecule has 7 nitrogen and oxygen atoms in total. The first kappa shape index (κ1) is 17.4. The van der Waals surface area contributed by atoms with E-state index in [1.165, 1.54) is 6.07 Å². The van der Waals surface area contributed by atoms with E-state index < -0.39 is 16.0 Å². The molecule has 0 saturated carbocycles. The third-order valence-corrected chi connectivity index (χ3v) is 3.44. The molecule has 1 heterocycles. The maximum Gasteiger partial charge on any atom is 0.335 e. The second-order valence-electron chi connectivity index (χ2n) is 5.07. The summed E-state index contributed by atoms with van der Waals surface area (Å²) >= 11 is 0. The van der Waals surface area contributed by atoms with Crippen LogP contribution in [0.2, 0.25) is 0 Å². The molecule has 0 saturated heterocycles. The predicted octanol–water partition coefficient (Wildman–Crippen LogP) is 1.25. The monoisotopic (exact) mass is 315 g/mol. The van der Waals surface area contributed by atoms with E-state index in [2.05, 4.69) is 15.0 Å². The van der Waals surface area contributed by atoms with E-state index in [4.69, 9.17) is 5.11 Å². The topological polar surface area (TPSA) is 108 Å². The van der Waals surface area contributed by atoms with Crippen LogP contribution in [-0.2, 0) is 10.0 Å². The van der Waals surface area contributed by atoms with Crippen molar-refractivity contribution in [1.29, 1.82) is 0 Å². The summed E-state index contributed by atoms with van der Waals surface area (Å²) in [5.74, 6) is -0.393. The Kier molecular flexibility index (Phi) is 6.10. The van der Waals surface area contributed by atoms with Gasteiger partial charge in [-0.3, -0.25) is 0 Å². The first-order chi connectivity index (χ1) is 9.69. The zero-order valence-electron chi connectivity index (χ0n) is 12.4. The SMILES string of the molecule is CC(C)c1cc(C(=O)O)cc(NCCCNS(C)(=O)=O)n1. The fraction of sp³-hybridized carbons (Fsp3) is 0.538. The minimum Gasteiger partial charge on any atom is -0.478 e. The number of aromatic nitrogens is 1. The van der Waals surface area contributed by atoms with Crippen LogP contribution in [0.15, 0.2) is 12.1 Å². The third kappa shape index (κ3) is 6.54. The maximum absolute atomic E-state index is 11.1. The summed E-state index contributed by atoms with van der Waals surface area (Å²) in [7, 11) is -3.18. The van der Waals surface area contributed by atoms with Gasteiger partial charge in [0.1, 0.15) is 5.82 Å². The number of nitrogens with one attached hydrogen (secondary N) is 2. The van der Waals surface area contributed by atoms with Crippen LogP contribution in [0.25, 0.3) is 0 Å². The van der Waals surface area contributed by atoms with Gasteiger partial charge in [0, 0.05) is 18.8 Å². The Morgan fingerprint density at radius 1 is 1.33 bits per heavy atom. The molecule has 0 fully saturated rings. The standard InChI is InChI=1S/C13H21N3O4S/c1-9(2)11-7-10(13(17)18)8-12(16-11)14-5-4-6-15-21(3,19)20/h7-9,15H,4-6H2,1-3H3,(H,14,16)(H,17,18). The van der Waals surface area contributed by atoms with Crippen LogP contribution in [0.4, 0.5) is 5.82 Å². The van der Waals surface area contributed by atoms with Crippen molar-refractivity contribution in [1.82, 2.24) is 9.71 Å². The number of aromatic carboxylic acids is 1. The largest absolute Gasteiger partial charge is 0.478 e. The van der Waals surface area contributed by atoms with Gasteiger partial charge in [-0.05, 0) is 24.5 Å². The minimum atomic E-state index is -3.18. The molecular formula is C13H21N3O4S. The lowest BCUT2D eigenvalue weighted by Crippen LogP contribution is -2.24. The maximum atomic E-state index is 11.1. The Morgan fingerprint density at radius 2 is 2.00 bits per heavy atom. The second-order valence-corrected chi connectivity index (χ2v) is 6.91. The summed E-state index contributed by atoms with van der Waals surface area (Å²) in [6.45, 7) is 4.69. The molecule has 0 aromatic carbocycles. The number of carboxylic acids is 1. The number of hydrogen-bond donors (Lipinski definition) is 3. The third-order valence-electron chi connectivity index (χ3n) is 2.71. The second kappa shape index (κ2) is 7.37. The molecule has 0 amide bonds. The molecule has 1 rings (SSSR count). The fourth-order valence-corrected chi connectivity index (χ4v) is 2.14. The molecule has 0 bridgehead atoms. The summed E-state index contributed by atoms with van der Waals surface area (Å²) in [5.41, 5.74) is 0.886. The Hall–Kier alpha value is -1.67. The van der Waals surface area contributed by atoms with Crippen LogP contribution >= 0.6 is 0 Å². The summed E-state index contributed by atoms with van der Waals surface area (Å²) in [6.07, 6.45) is 1.68. The number of carbonyl (C=O) groups is 1. The van der Waals surface area contributed by atoms with Crippen molar-refractivity contribution >= 4 is 21.8 Å². The number of nitrogens with zero attached hydrogens (tertiary/aromatic N) is 1. The smallest absolute Gasteiger partial charge is 0.335 e. The molecule has 0 unspecified atom stereocenters. The number of hydrogen-bond acceptors (Lipinski definition) is 5. The van der Waals surface area contributed by atoms with Crippen molar-refractivity contribution in [3.8, 4) is 0 Å². The van der Waals surface area contributed by atoms with Crippen LogP contribution in [-0.4, -0.2) is 43.8 Å². The lowest BCUT2D eigenvalue weighted by atomic mass is 10.1. The van der Waals surface area contributed by atoms with Gasteiger partial charge in [0.05, 0.1) is 11.8 Å². The molecular weight excluding hydrogens is 294 g/mol. The highest BCUT2D eigenvalue weighted by Gasteiger charge is 2.10. The molecule has 0 atom stereocenters. The van der Waals surface area contributed by atoms with Crippen molar-refractivity contribution in [3.05, 3.63) is 23.4 Å². The van der Waals surface area contributed by atoms with Gasteiger partial charge in [0.2, 0.25) is 10.0 Å². The van der Waals surface area contributed by atoms with Crippen LogP contribution in [0, 0.1) is 0 Å². The molecule has 1 aromatic rings. The number of sulfonamides is 1. The quantitative estimate of drug-likeness (QED) is 0.623. The lowest BCUT2D eigenvalue weighted by Gasteiger charge is -2.11. The van der Waals surface area contributed by atoms with Gasteiger partial charge >= 0.3 is 5.97 Å². The first-order valence-electron chi connectivity index (χ1n) is 6.63. The average molecular weight is 315 g/mol. The summed E-state index contributed by atoms with van der Waals surface area (Å²) in [4.78, 5) is 15.4. The number of rotatable bonds is 8. The van der Waals surface area contributed by atoms with Gasteiger partial charge in [-0.2, -0.15) is 0 Å². The van der Waals surface area contributed by atoms with E-state index in [-0.39, 0.29) is 11.5 Å². The van der Waals surface area contributed by atoms with E-state index in [9.17, 15) is 13.2 Å². The molecule has 1 aromatic heterocycles. The van der Waals surface area contributed by atoms with E-state index in [1.54, 1.807) is 6.07 Å². The van der Waals surface area contributed by atoms with Gasteiger partial charge in [0.25, 0.3) is 0 Å². The average Bonchev–Trinajstić information content (AvgIpc) is 2.36. The predicted molar refractivity (Wildman–Crippen MR) is 81.2 cm³/mol. The number of carboxylic acid groups (broad SMARTS) is 1. The van der Waals surface area contributed by atoms with Crippen molar-refractivity contribution in [3.63, 3.8) is 0 Å². The normalized spacial score (nSPS) is 11.6. The number of anilines is 1. The van der Waals surface area contributed by atoms with Crippen molar-refractivity contribution in [2.75, 3.05) is 24.7 Å². The van der Waals surface area contributed by atoms with E-state index >= 15 is 0 Å². The van der Waals surface area contributed by atoms with Crippen LogP contribution < -0.4 is 10.0 Å². The van der Waals surface area contributed by atoms with Gasteiger partial charge in [0.15, 0.2) is 0 Å². The highest BCUT2D eigenvalue weighted by Crippen LogP contribution is 2.17. The molecule has 3 N–H and O–H groups in total. The molecule has 0 aliphatic heterocycles. The molecule has 0 aliphatic rings. The molecule has 8 heteroatoms. The first-order valence-corrected chi connectivity index (χ1v) is 8.52. The van der Waals surface area contributed by atoms with E-state index in [0.29, 0.717) is 31.0 Å². The van der Waals surface area contributed by atoms with Crippen molar-refractivity contribution < 1.29 is 18.3 Å². The highest BCUT2D eigenvalue weighted by atomic mass is 32.2. The van der Waals surface area contributed by atoms with Gasteiger partial charge in [-0.15, -0.1) is 0 Å². The molecule has 0 aliphatic carbocycles. The fourth-order valence-electron chi connectivity index (χ4n) is 1.62. The van der Waals surface area contributed by atoms with Crippen LogP contribution in [0.5, 0.6) is 0 Å². The van der Waals surface area contributed by atoms with E-state index in [0.717, 1.165) is 6.26 Å². The van der Waals surface area contributed by atoms with Gasteiger partial charge in [-0.1, -0.05) is 13.8 Å². The van der Waals surface area contributed by atoms with Crippen molar-refractivity contribution in [2.45, 2.75) is 26.2 Å². The minimum absolute atomic E-state index is 0.122. The van der Waals surface area contributed by atoms with E-state index in [1.807, 2.05) is 13.8 Å². The Bertz CT molecular complexity index is 599. The van der Waals surface area contributed by atoms with Crippen LogP contribution in [0.3, 0.4) is 0 Å². The summed E-state index contributed by atoms with van der Waals surface area (Å²) in [5, 5.41) is 12.1. The lowest BCUT2D eigenvalue weighted by molar-refractivity contribution is 0.0696. The molecule has 0 radical (unpaired) electrons. The zero-order chi connectivity index (χ0) is 16.0. The van der Waals surface area contributed by atoms with Crippen molar-refractivity contribution in [2.24, 2.45) is 0 Å². The summed E-state index contributed by atoms with van der Waals surface area (Å²) < 4.78 is 24.2. The van der Waals surface area contributed by atoms with Gasteiger partial charge in [-0.25, -0.2) is 22.9 Å². The van der Waals surface area contributed by atoms with Gasteiger partial charge < -0.3 is 10.4 Å². The Morgan fingerprint density at radius 3 is 2.52 bits per heavy atom. The molecule has 21 heavy (non-hydrogen) atoms. The van der Waals surface area contributed by atoms with Crippen LogP contribution in [0.1, 0.15) is 42.2 Å². The zero-order valence-corrected chi connectivity index (χ0v) is 13.2. The summed E-state index contributed by atoms with van der Waals surface area (Å²) in [6, 6.07) is 3.03.